The van der Waals surface area contributed by atoms with Gasteiger partial charge >= 0.3 is 0 Å². The number of methoxy groups -OCH3 is 1. The van der Waals surface area contributed by atoms with E-state index in [-0.39, 0.29) is 22.5 Å². The van der Waals surface area contributed by atoms with Gasteiger partial charge in [-0.15, -0.1) is 0 Å². The molecular weight excluding hydrogens is 340 g/mol. The summed E-state index contributed by atoms with van der Waals surface area (Å²) in [5.41, 5.74) is 0.419. The minimum atomic E-state index is -3.92. The van der Waals surface area contributed by atoms with Gasteiger partial charge in [-0.05, 0) is 49.8 Å². The van der Waals surface area contributed by atoms with Crippen molar-refractivity contribution in [2.75, 3.05) is 12.4 Å². The van der Waals surface area contributed by atoms with Crippen molar-refractivity contribution < 1.29 is 17.9 Å². The van der Waals surface area contributed by atoms with Gasteiger partial charge in [-0.25, -0.2) is 13.6 Å². The molecular formula is C18H28N2O4S. The zero-order valence-corrected chi connectivity index (χ0v) is 15.8. The zero-order chi connectivity index (χ0) is 18.4. The lowest BCUT2D eigenvalue weighted by atomic mass is 9.79. The molecule has 0 saturated heterocycles. The van der Waals surface area contributed by atoms with Crippen molar-refractivity contribution in [1.82, 2.24) is 0 Å². The number of carbonyl (C=O) groups is 1. The predicted molar refractivity (Wildman–Crippen MR) is 98.0 cm³/mol. The van der Waals surface area contributed by atoms with Crippen LogP contribution >= 0.6 is 0 Å². The Hall–Kier alpha value is -1.60. The third-order valence-electron chi connectivity index (χ3n) is 4.92. The number of amides is 1. The molecule has 0 radical (unpaired) electrons. The highest BCUT2D eigenvalue weighted by Crippen LogP contribution is 2.33. The van der Waals surface area contributed by atoms with E-state index in [4.69, 9.17) is 9.88 Å². The lowest BCUT2D eigenvalue weighted by Gasteiger charge is -2.27. The third-order valence-corrected chi connectivity index (χ3v) is 5.85. The standard InChI is InChI=1S/C18H28N2O4S/c1-3-4-5-13-6-8-14(9-7-13)18(21)20-15-10-11-16(24-2)17(12-15)25(19,22)23/h10-14H,3-9H2,1-2H3,(H,20,21)(H2,19,22,23). The fraction of sp³-hybridized carbons (Fsp3) is 0.611. The topological polar surface area (TPSA) is 98.5 Å². The molecule has 1 aromatic carbocycles. The Balaban J connectivity index is 1.99. The van der Waals surface area contributed by atoms with E-state index in [0.29, 0.717) is 5.69 Å². The lowest BCUT2D eigenvalue weighted by Crippen LogP contribution is -2.27. The molecule has 140 valence electrons. The van der Waals surface area contributed by atoms with Gasteiger partial charge in [-0.1, -0.05) is 26.2 Å². The summed E-state index contributed by atoms with van der Waals surface area (Å²) in [6, 6.07) is 4.47. The van der Waals surface area contributed by atoms with Crippen LogP contribution in [-0.2, 0) is 14.8 Å². The van der Waals surface area contributed by atoms with Gasteiger partial charge in [0.15, 0.2) is 0 Å². The molecule has 0 aliphatic heterocycles. The predicted octanol–water partition coefficient (Wildman–Crippen LogP) is 3.28. The number of primary sulfonamides is 1. The molecule has 1 aromatic rings. The molecule has 0 spiro atoms. The molecule has 1 amide bonds. The van der Waals surface area contributed by atoms with E-state index in [9.17, 15) is 13.2 Å². The first kappa shape index (κ1) is 19.7. The number of sulfonamides is 1. The quantitative estimate of drug-likeness (QED) is 0.771. The minimum absolute atomic E-state index is 0.0158. The summed E-state index contributed by atoms with van der Waals surface area (Å²) in [4.78, 5) is 12.4. The molecule has 7 heteroatoms. The van der Waals surface area contributed by atoms with E-state index in [1.807, 2.05) is 0 Å². The molecule has 1 fully saturated rings. The van der Waals surface area contributed by atoms with E-state index >= 15 is 0 Å². The fourth-order valence-electron chi connectivity index (χ4n) is 3.43. The number of anilines is 1. The first-order valence-electron chi connectivity index (χ1n) is 8.86. The fourth-order valence-corrected chi connectivity index (χ4v) is 4.15. The van der Waals surface area contributed by atoms with Crippen LogP contribution in [0.15, 0.2) is 23.1 Å². The van der Waals surface area contributed by atoms with Gasteiger partial charge in [0.1, 0.15) is 10.6 Å². The van der Waals surface area contributed by atoms with Gasteiger partial charge in [0.25, 0.3) is 0 Å². The number of hydrogen-bond donors (Lipinski definition) is 2. The highest BCUT2D eigenvalue weighted by molar-refractivity contribution is 7.89. The van der Waals surface area contributed by atoms with Crippen molar-refractivity contribution in [3.05, 3.63) is 18.2 Å². The van der Waals surface area contributed by atoms with Crippen LogP contribution in [0.3, 0.4) is 0 Å². The van der Waals surface area contributed by atoms with Crippen molar-refractivity contribution in [3.63, 3.8) is 0 Å². The number of benzene rings is 1. The van der Waals surface area contributed by atoms with E-state index in [1.54, 1.807) is 6.07 Å². The molecule has 0 unspecified atom stereocenters. The van der Waals surface area contributed by atoms with Gasteiger partial charge in [0.2, 0.25) is 15.9 Å². The Morgan fingerprint density at radius 3 is 2.52 bits per heavy atom. The smallest absolute Gasteiger partial charge is 0.241 e. The largest absolute Gasteiger partial charge is 0.495 e. The number of nitrogens with one attached hydrogen (secondary N) is 1. The summed E-state index contributed by atoms with van der Waals surface area (Å²) in [5, 5.41) is 8.03. The molecule has 1 aliphatic rings. The van der Waals surface area contributed by atoms with Gasteiger partial charge in [0.05, 0.1) is 7.11 Å². The van der Waals surface area contributed by atoms with E-state index in [0.717, 1.165) is 31.6 Å². The highest BCUT2D eigenvalue weighted by atomic mass is 32.2. The summed E-state index contributed by atoms with van der Waals surface area (Å²) >= 11 is 0. The summed E-state index contributed by atoms with van der Waals surface area (Å²) in [6.07, 6.45) is 7.66. The maximum atomic E-state index is 12.5. The van der Waals surface area contributed by atoms with Crippen molar-refractivity contribution in [3.8, 4) is 5.75 Å². The molecule has 2 rings (SSSR count). The van der Waals surface area contributed by atoms with Crippen molar-refractivity contribution in [2.24, 2.45) is 17.0 Å². The van der Waals surface area contributed by atoms with Crippen molar-refractivity contribution in [2.45, 2.75) is 56.8 Å². The normalized spacial score (nSPS) is 20.9. The lowest BCUT2D eigenvalue weighted by molar-refractivity contribution is -0.121. The maximum Gasteiger partial charge on any atom is 0.241 e. The molecule has 0 heterocycles. The second-order valence-electron chi connectivity index (χ2n) is 6.76. The first-order chi connectivity index (χ1) is 11.8. The summed E-state index contributed by atoms with van der Waals surface area (Å²) in [5.74, 6) is 0.827. The van der Waals surface area contributed by atoms with Crippen LogP contribution in [0.5, 0.6) is 5.75 Å². The van der Waals surface area contributed by atoms with E-state index < -0.39 is 10.0 Å². The Labute approximate surface area is 150 Å². The molecule has 1 aliphatic carbocycles. The van der Waals surface area contributed by atoms with Crippen LogP contribution in [0.2, 0.25) is 0 Å². The molecule has 6 nitrogen and oxygen atoms in total. The highest BCUT2D eigenvalue weighted by Gasteiger charge is 2.26. The number of ether oxygens (including phenoxy) is 1. The van der Waals surface area contributed by atoms with Crippen molar-refractivity contribution >= 4 is 21.6 Å². The second kappa shape index (κ2) is 8.67. The number of unbranched alkanes of at least 4 members (excludes halogenated alkanes) is 1. The third kappa shape index (κ3) is 5.44. The molecule has 1 saturated carbocycles. The van der Waals surface area contributed by atoms with Crippen LogP contribution < -0.4 is 15.2 Å². The second-order valence-corrected chi connectivity index (χ2v) is 8.29. The van der Waals surface area contributed by atoms with Crippen LogP contribution in [0.4, 0.5) is 5.69 Å². The first-order valence-corrected chi connectivity index (χ1v) is 10.4. The average Bonchev–Trinajstić information content (AvgIpc) is 2.59. The van der Waals surface area contributed by atoms with Crippen LogP contribution in [0.25, 0.3) is 0 Å². The maximum absolute atomic E-state index is 12.5. The number of rotatable bonds is 7. The number of hydrogen-bond acceptors (Lipinski definition) is 4. The summed E-state index contributed by atoms with van der Waals surface area (Å²) in [6.45, 7) is 2.20. The van der Waals surface area contributed by atoms with Crippen LogP contribution in [0.1, 0.15) is 51.9 Å². The molecule has 3 N–H and O–H groups in total. The van der Waals surface area contributed by atoms with Gasteiger partial charge in [-0.2, -0.15) is 0 Å². The van der Waals surface area contributed by atoms with Gasteiger partial charge in [0, 0.05) is 11.6 Å². The average molecular weight is 368 g/mol. The number of nitrogens with two attached hydrogens (primary N) is 1. The van der Waals surface area contributed by atoms with Crippen LogP contribution in [-0.4, -0.2) is 21.4 Å². The zero-order valence-electron chi connectivity index (χ0n) is 15.0. The Morgan fingerprint density at radius 2 is 1.96 bits per heavy atom. The van der Waals surface area contributed by atoms with E-state index in [1.165, 1.54) is 38.5 Å². The minimum Gasteiger partial charge on any atom is -0.495 e. The summed E-state index contributed by atoms with van der Waals surface area (Å²) in [7, 11) is -2.55. The van der Waals surface area contributed by atoms with Gasteiger partial charge < -0.3 is 10.1 Å². The SMILES string of the molecule is CCCCC1CCC(C(=O)Nc2ccc(OC)c(S(N)(=O)=O)c2)CC1. The van der Waals surface area contributed by atoms with Gasteiger partial charge in [-0.3, -0.25) is 4.79 Å². The Morgan fingerprint density at radius 1 is 1.28 bits per heavy atom. The monoisotopic (exact) mass is 368 g/mol. The number of carbonyl (C=O) groups excluding carboxylic acids is 1. The summed E-state index contributed by atoms with van der Waals surface area (Å²) < 4.78 is 28.3. The molecule has 0 atom stereocenters. The van der Waals surface area contributed by atoms with Crippen molar-refractivity contribution in [1.29, 1.82) is 0 Å². The van der Waals surface area contributed by atoms with E-state index in [2.05, 4.69) is 12.2 Å². The Bertz CT molecular complexity index is 695. The molecule has 0 aromatic heterocycles. The molecule has 0 bridgehead atoms. The molecule has 25 heavy (non-hydrogen) atoms. The van der Waals surface area contributed by atoms with Crippen LogP contribution in [0, 0.1) is 11.8 Å². The Kier molecular flexibility index (Phi) is 6.84.